The Morgan fingerprint density at radius 3 is 2.67 bits per heavy atom. The molecule has 0 saturated heterocycles. The van der Waals surface area contributed by atoms with Crippen molar-refractivity contribution < 1.29 is 4.79 Å². The molecular weight excluding hydrogens is 352 g/mol. The van der Waals surface area contributed by atoms with E-state index in [9.17, 15) is 4.79 Å². The van der Waals surface area contributed by atoms with Crippen LogP contribution in [0.25, 0.3) is 11.1 Å². The summed E-state index contributed by atoms with van der Waals surface area (Å²) in [6, 6.07) is 13.1. The van der Waals surface area contributed by atoms with Crippen molar-refractivity contribution in [3.05, 3.63) is 74.7 Å². The van der Waals surface area contributed by atoms with Crippen LogP contribution in [0.15, 0.2) is 42.6 Å². The Balaban J connectivity index is 1.86. The summed E-state index contributed by atoms with van der Waals surface area (Å²) < 4.78 is 0. The van der Waals surface area contributed by atoms with E-state index in [2.05, 4.69) is 55.2 Å². The maximum absolute atomic E-state index is 12.1. The van der Waals surface area contributed by atoms with E-state index in [1.54, 1.807) is 6.92 Å². The minimum atomic E-state index is 0.141. The van der Waals surface area contributed by atoms with E-state index in [4.69, 9.17) is 0 Å². The van der Waals surface area contributed by atoms with Gasteiger partial charge in [0, 0.05) is 46.6 Å². The molecule has 3 aromatic rings. The Labute approximate surface area is 164 Å². The number of hydrogen-bond donors (Lipinski definition) is 0. The van der Waals surface area contributed by atoms with Crippen LogP contribution in [0, 0.1) is 20.8 Å². The molecule has 138 valence electrons. The minimum Gasteiger partial charge on any atom is -0.337 e. The number of carbonyl (C=O) groups is 1. The lowest BCUT2D eigenvalue weighted by molar-refractivity contribution is -0.129. The molecule has 4 rings (SSSR count). The lowest BCUT2D eigenvalue weighted by Gasteiger charge is -2.33. The fourth-order valence-electron chi connectivity index (χ4n) is 3.92. The lowest BCUT2D eigenvalue weighted by Crippen LogP contribution is -2.36. The topological polar surface area (TPSA) is 33.2 Å². The fraction of sp³-hybridized carbons (Fsp3) is 0.304. The molecule has 0 fully saturated rings. The average molecular weight is 377 g/mol. The molecule has 27 heavy (non-hydrogen) atoms. The van der Waals surface area contributed by atoms with Crippen LogP contribution in [0.3, 0.4) is 0 Å². The molecule has 3 heterocycles. The van der Waals surface area contributed by atoms with Crippen LogP contribution in [0.4, 0.5) is 0 Å². The van der Waals surface area contributed by atoms with Gasteiger partial charge in [-0.05, 0) is 55.2 Å². The van der Waals surface area contributed by atoms with Gasteiger partial charge in [0.15, 0.2) is 0 Å². The van der Waals surface area contributed by atoms with E-state index in [1.165, 1.54) is 32.0 Å². The third-order valence-corrected chi connectivity index (χ3v) is 6.56. The van der Waals surface area contributed by atoms with Crippen molar-refractivity contribution in [2.75, 3.05) is 6.54 Å². The molecule has 0 N–H and O–H groups in total. The van der Waals surface area contributed by atoms with Crippen LogP contribution >= 0.6 is 11.3 Å². The fourth-order valence-corrected chi connectivity index (χ4v) is 5.03. The quantitative estimate of drug-likeness (QED) is 0.614. The van der Waals surface area contributed by atoms with E-state index in [1.807, 2.05) is 29.4 Å². The third kappa shape index (κ3) is 3.30. The summed E-state index contributed by atoms with van der Waals surface area (Å²) in [5, 5.41) is 0. The summed E-state index contributed by atoms with van der Waals surface area (Å²) in [6.45, 7) is 9.42. The van der Waals surface area contributed by atoms with Gasteiger partial charge >= 0.3 is 0 Å². The number of aryl methyl sites for hydroxylation is 3. The molecular formula is C23H24N2OS. The van der Waals surface area contributed by atoms with Crippen molar-refractivity contribution in [1.82, 2.24) is 9.88 Å². The summed E-state index contributed by atoms with van der Waals surface area (Å²) in [4.78, 5) is 21.3. The van der Waals surface area contributed by atoms with Gasteiger partial charge in [-0.25, -0.2) is 0 Å². The number of hydrogen-bond acceptors (Lipinski definition) is 3. The van der Waals surface area contributed by atoms with Crippen molar-refractivity contribution in [3.8, 4) is 11.1 Å². The van der Waals surface area contributed by atoms with Gasteiger partial charge in [-0.3, -0.25) is 9.78 Å². The smallest absolute Gasteiger partial charge is 0.219 e. The summed E-state index contributed by atoms with van der Waals surface area (Å²) in [6.07, 6.45) is 1.96. The highest BCUT2D eigenvalue weighted by atomic mass is 32.1. The van der Waals surface area contributed by atoms with Crippen molar-refractivity contribution in [3.63, 3.8) is 0 Å². The summed E-state index contributed by atoms with van der Waals surface area (Å²) in [7, 11) is 0. The second kappa shape index (κ2) is 6.93. The van der Waals surface area contributed by atoms with E-state index in [-0.39, 0.29) is 11.8 Å². The molecule has 0 bridgehead atoms. The molecule has 0 unspecified atom stereocenters. The predicted molar refractivity (Wildman–Crippen MR) is 111 cm³/mol. The van der Waals surface area contributed by atoms with Gasteiger partial charge in [0.05, 0.1) is 6.54 Å². The molecule has 0 saturated carbocycles. The molecule has 4 heteroatoms. The Morgan fingerprint density at radius 2 is 1.93 bits per heavy atom. The van der Waals surface area contributed by atoms with Crippen molar-refractivity contribution >= 4 is 17.2 Å². The number of amides is 1. The first-order valence-electron chi connectivity index (χ1n) is 9.31. The van der Waals surface area contributed by atoms with Gasteiger partial charge < -0.3 is 4.90 Å². The predicted octanol–water partition coefficient (Wildman–Crippen LogP) is 5.23. The van der Waals surface area contributed by atoms with Crippen LogP contribution in [-0.2, 0) is 11.3 Å². The molecule has 1 aliphatic heterocycles. The van der Waals surface area contributed by atoms with Crippen LogP contribution in [0.1, 0.15) is 45.0 Å². The van der Waals surface area contributed by atoms with Gasteiger partial charge in [0.1, 0.15) is 0 Å². The van der Waals surface area contributed by atoms with Crippen molar-refractivity contribution in [2.24, 2.45) is 0 Å². The second-order valence-electron chi connectivity index (χ2n) is 7.40. The molecule has 2 aromatic heterocycles. The number of nitrogens with zero attached hydrogens (tertiary/aromatic N) is 2. The van der Waals surface area contributed by atoms with E-state index in [0.29, 0.717) is 0 Å². The van der Waals surface area contributed by atoms with Gasteiger partial charge in [-0.1, -0.05) is 24.3 Å². The van der Waals surface area contributed by atoms with Crippen LogP contribution < -0.4 is 0 Å². The molecule has 3 nitrogen and oxygen atoms in total. The number of pyridine rings is 1. The summed E-state index contributed by atoms with van der Waals surface area (Å²) in [5.74, 6) is 0.336. The number of carbonyl (C=O) groups excluding carboxylic acids is 1. The number of thiophene rings is 1. The molecule has 0 aliphatic carbocycles. The minimum absolute atomic E-state index is 0.141. The van der Waals surface area contributed by atoms with Crippen LogP contribution in [-0.4, -0.2) is 22.3 Å². The zero-order valence-electron chi connectivity index (χ0n) is 16.2. The summed E-state index contributed by atoms with van der Waals surface area (Å²) in [5.41, 5.74) is 7.25. The van der Waals surface area contributed by atoms with Gasteiger partial charge in [-0.2, -0.15) is 0 Å². The Hall–Kier alpha value is -2.46. The van der Waals surface area contributed by atoms with Gasteiger partial charge in [0.2, 0.25) is 5.91 Å². The number of rotatable bonds is 2. The average Bonchev–Trinajstić information content (AvgIpc) is 3.03. The largest absolute Gasteiger partial charge is 0.337 e. The lowest BCUT2D eigenvalue weighted by atomic mass is 9.84. The first kappa shape index (κ1) is 17.9. The number of fused-ring (bicyclic) bond motifs is 1. The first-order chi connectivity index (χ1) is 12.9. The zero-order valence-corrected chi connectivity index (χ0v) is 17.1. The van der Waals surface area contributed by atoms with Crippen LogP contribution in [0.2, 0.25) is 0 Å². The maximum atomic E-state index is 12.1. The highest BCUT2D eigenvalue weighted by Gasteiger charge is 2.31. The van der Waals surface area contributed by atoms with Gasteiger partial charge in [0.25, 0.3) is 0 Å². The van der Waals surface area contributed by atoms with Crippen molar-refractivity contribution in [2.45, 2.75) is 40.2 Å². The molecule has 1 aromatic carbocycles. The van der Waals surface area contributed by atoms with Crippen LogP contribution in [0.5, 0.6) is 0 Å². The standard InChI is InChI=1S/C23H24N2OS/c1-14-9-18(11-24-16(14)3)19-7-5-6-8-20(19)22-12-25(17(4)26)13-23-21(22)10-15(2)27-23/h5-11,22H,12-13H2,1-4H3/t22-/m0/s1. The molecule has 0 radical (unpaired) electrons. The van der Waals surface area contributed by atoms with Gasteiger partial charge in [-0.15, -0.1) is 11.3 Å². The number of aromatic nitrogens is 1. The Kier molecular flexibility index (Phi) is 4.60. The molecule has 1 aliphatic rings. The summed E-state index contributed by atoms with van der Waals surface area (Å²) >= 11 is 1.81. The van der Waals surface area contributed by atoms with E-state index in [0.717, 1.165) is 24.3 Å². The zero-order chi connectivity index (χ0) is 19.1. The highest BCUT2D eigenvalue weighted by Crippen LogP contribution is 2.41. The Morgan fingerprint density at radius 1 is 1.15 bits per heavy atom. The normalized spacial score (nSPS) is 16.3. The van der Waals surface area contributed by atoms with E-state index < -0.39 is 0 Å². The highest BCUT2D eigenvalue weighted by molar-refractivity contribution is 7.12. The van der Waals surface area contributed by atoms with E-state index >= 15 is 0 Å². The molecule has 0 spiro atoms. The van der Waals surface area contributed by atoms with Crippen molar-refractivity contribution in [1.29, 1.82) is 0 Å². The Bertz CT molecular complexity index is 1020. The molecule has 1 amide bonds. The molecule has 1 atom stereocenters. The maximum Gasteiger partial charge on any atom is 0.219 e. The number of benzene rings is 1. The first-order valence-corrected chi connectivity index (χ1v) is 10.1. The second-order valence-corrected chi connectivity index (χ2v) is 8.74. The SMILES string of the molecule is CC(=O)N1Cc2sc(C)cc2[C@H](c2ccccc2-c2cnc(C)c(C)c2)C1. The third-order valence-electron chi connectivity index (χ3n) is 5.51. The monoisotopic (exact) mass is 376 g/mol.